The van der Waals surface area contributed by atoms with Crippen molar-refractivity contribution in [1.29, 1.82) is 0 Å². The van der Waals surface area contributed by atoms with Crippen LogP contribution in [0.2, 0.25) is 0 Å². The van der Waals surface area contributed by atoms with Crippen LogP contribution in [0, 0.1) is 19.3 Å². The number of nitrogens with one attached hydrogen (secondary N) is 2. The van der Waals surface area contributed by atoms with Crippen molar-refractivity contribution in [2.75, 3.05) is 43.0 Å². The van der Waals surface area contributed by atoms with E-state index < -0.39 is 0 Å². The third-order valence-corrected chi connectivity index (χ3v) is 6.83. The van der Waals surface area contributed by atoms with Crippen LogP contribution in [0.5, 0.6) is 11.5 Å². The highest BCUT2D eigenvalue weighted by Gasteiger charge is 2.30. The molecule has 4 heterocycles. The Morgan fingerprint density at radius 2 is 2.17 bits per heavy atom. The molecule has 2 aromatic carbocycles. The molecule has 2 N–H and O–H groups in total. The number of fused-ring (bicyclic) bond motifs is 4. The number of hydrogen-bond donors (Lipinski definition) is 2. The molecular weight excluding hydrogens is 502 g/mol. The molecule has 9 heteroatoms. The Bertz CT molecular complexity index is 1490. The fourth-order valence-electron chi connectivity index (χ4n) is 4.81. The zero-order chi connectivity index (χ0) is 27.9. The number of aromatic nitrogens is 2. The predicted molar refractivity (Wildman–Crippen MR) is 161 cm³/mol. The number of anilines is 3. The lowest BCUT2D eigenvalue weighted by Gasteiger charge is -2.42. The summed E-state index contributed by atoms with van der Waals surface area (Å²) < 4.78 is 12.2. The van der Waals surface area contributed by atoms with Crippen molar-refractivity contribution >= 4 is 34.3 Å². The number of hydrazone groups is 1. The summed E-state index contributed by atoms with van der Waals surface area (Å²) in [6.07, 6.45) is 14.8. The molecule has 0 aliphatic carbocycles. The minimum absolute atomic E-state index is 0.344. The predicted octanol–water partition coefficient (Wildman–Crippen LogP) is 4.98. The summed E-state index contributed by atoms with van der Waals surface area (Å²) in [5.41, 5.74) is 3.92. The highest BCUT2D eigenvalue weighted by atomic mass is 16.5. The van der Waals surface area contributed by atoms with Gasteiger partial charge in [0.05, 0.1) is 23.8 Å². The third kappa shape index (κ3) is 6.03. The minimum atomic E-state index is 0.344. The molecule has 40 heavy (non-hydrogen) atoms. The van der Waals surface area contributed by atoms with Gasteiger partial charge in [-0.3, -0.25) is 5.01 Å². The highest BCUT2D eigenvalue weighted by molar-refractivity contribution is 5.95. The van der Waals surface area contributed by atoms with Crippen molar-refractivity contribution in [2.45, 2.75) is 33.2 Å². The Morgan fingerprint density at radius 3 is 2.92 bits per heavy atom. The molecule has 1 saturated heterocycles. The first-order valence-corrected chi connectivity index (χ1v) is 13.6. The van der Waals surface area contributed by atoms with Gasteiger partial charge in [0.15, 0.2) is 0 Å². The second kappa shape index (κ2) is 12.5. The molecule has 206 valence electrons. The van der Waals surface area contributed by atoms with Gasteiger partial charge in [0, 0.05) is 55.6 Å². The van der Waals surface area contributed by atoms with Crippen molar-refractivity contribution in [3.8, 4) is 23.8 Å². The van der Waals surface area contributed by atoms with Gasteiger partial charge >= 0.3 is 0 Å². The van der Waals surface area contributed by atoms with Crippen molar-refractivity contribution in [3.05, 3.63) is 66.3 Å². The number of aryl methyl sites for hydroxylation is 1. The summed E-state index contributed by atoms with van der Waals surface area (Å²) in [5, 5.41) is 14.0. The molecule has 1 atom stereocenters. The van der Waals surface area contributed by atoms with E-state index in [1.54, 1.807) is 12.5 Å². The number of benzene rings is 2. The third-order valence-electron chi connectivity index (χ3n) is 6.83. The Hall–Kier alpha value is -4.55. The topological polar surface area (TPSA) is 87.1 Å². The Kier molecular flexibility index (Phi) is 8.47. The maximum atomic E-state index is 6.12. The zero-order valence-electron chi connectivity index (χ0n) is 23.2. The van der Waals surface area contributed by atoms with Gasteiger partial charge in [0.2, 0.25) is 0 Å². The summed E-state index contributed by atoms with van der Waals surface area (Å²) in [6, 6.07) is 10.6. The Morgan fingerprint density at radius 1 is 1.30 bits per heavy atom. The van der Waals surface area contributed by atoms with Crippen LogP contribution in [0.3, 0.4) is 0 Å². The standard InChI is InChI=1S/C27H29N7O2.C4H6/c1-3-31-33-9-6-21(7-10-33)36-25-5-4-19(12-18(25)2)32-27-22-13-24-26(14-23(22)29-17-30-27)35-16-20-15-28-8-11-34(20)24;1-3-4-2/h3-7,9,12-14,17,20,28H,8,10-11,15-16H2,1-2H3,(H,29,30,32);1H,4H2,2H3/b31-3-;. The average Bonchev–Trinajstić information content (AvgIpc) is 2.99. The molecule has 1 unspecified atom stereocenters. The smallest absolute Gasteiger partial charge is 0.144 e. The van der Waals surface area contributed by atoms with Crippen LogP contribution in [-0.4, -0.2) is 60.0 Å². The van der Waals surface area contributed by atoms with Gasteiger partial charge in [-0.25, -0.2) is 9.97 Å². The molecule has 0 bridgehead atoms. The summed E-state index contributed by atoms with van der Waals surface area (Å²) in [4.78, 5) is 11.5. The number of ether oxygens (including phenoxy) is 2. The SMILES string of the molecule is C#CCC.C/C=N\N1C=CC(Oc2ccc(Nc3ncnc4cc5c(cc34)N3CCNCC3CO5)cc2C)=CC1. The number of rotatable bonds is 5. The molecule has 9 nitrogen and oxygen atoms in total. The monoisotopic (exact) mass is 537 g/mol. The summed E-state index contributed by atoms with van der Waals surface area (Å²) in [6.45, 7) is 10.1. The van der Waals surface area contributed by atoms with Gasteiger partial charge in [-0.05, 0) is 55.8 Å². The van der Waals surface area contributed by atoms with Gasteiger partial charge in [0.25, 0.3) is 0 Å². The molecule has 0 radical (unpaired) electrons. The first kappa shape index (κ1) is 27.0. The molecule has 0 saturated carbocycles. The van der Waals surface area contributed by atoms with Crippen LogP contribution >= 0.6 is 0 Å². The lowest BCUT2D eigenvalue weighted by molar-refractivity contribution is 0.247. The van der Waals surface area contributed by atoms with E-state index >= 15 is 0 Å². The van der Waals surface area contributed by atoms with Crippen molar-refractivity contribution in [1.82, 2.24) is 20.3 Å². The molecule has 1 aromatic heterocycles. The number of hydrogen-bond acceptors (Lipinski definition) is 9. The number of terminal acetylenes is 1. The van der Waals surface area contributed by atoms with Gasteiger partial charge in [0.1, 0.15) is 36.0 Å². The molecular formula is C31H35N7O2. The maximum absolute atomic E-state index is 6.12. The maximum Gasteiger partial charge on any atom is 0.144 e. The van der Waals surface area contributed by atoms with Gasteiger partial charge in [-0.1, -0.05) is 6.92 Å². The van der Waals surface area contributed by atoms with E-state index in [-0.39, 0.29) is 0 Å². The second-order valence-corrected chi connectivity index (χ2v) is 9.60. The first-order chi connectivity index (χ1) is 19.6. The molecule has 1 fully saturated rings. The van der Waals surface area contributed by atoms with E-state index in [1.807, 2.05) is 62.3 Å². The van der Waals surface area contributed by atoms with Gasteiger partial charge < -0.3 is 25.0 Å². The van der Waals surface area contributed by atoms with Crippen LogP contribution in [0.1, 0.15) is 25.8 Å². The van der Waals surface area contributed by atoms with E-state index in [0.717, 1.165) is 77.0 Å². The highest BCUT2D eigenvalue weighted by Crippen LogP contribution is 2.39. The number of nitrogens with zero attached hydrogens (tertiary/aromatic N) is 5. The molecule has 3 aromatic rings. The number of piperazine rings is 1. The van der Waals surface area contributed by atoms with Crippen molar-refractivity contribution in [3.63, 3.8) is 0 Å². The molecule has 3 aliphatic rings. The second-order valence-electron chi connectivity index (χ2n) is 9.60. The lowest BCUT2D eigenvalue weighted by Crippen LogP contribution is -2.55. The van der Waals surface area contributed by atoms with Gasteiger partial charge in [-0.15, -0.1) is 12.3 Å². The normalized spacial score (nSPS) is 17.6. The Labute approximate surface area is 235 Å². The fourth-order valence-corrected chi connectivity index (χ4v) is 4.81. The molecule has 6 rings (SSSR count). The van der Waals surface area contributed by atoms with E-state index in [1.165, 1.54) is 0 Å². The van der Waals surface area contributed by atoms with Crippen LogP contribution in [0.4, 0.5) is 17.2 Å². The summed E-state index contributed by atoms with van der Waals surface area (Å²) >= 11 is 0. The average molecular weight is 538 g/mol. The lowest BCUT2D eigenvalue weighted by atomic mass is 10.1. The van der Waals surface area contributed by atoms with Gasteiger partial charge in [-0.2, -0.15) is 5.10 Å². The van der Waals surface area contributed by atoms with Crippen LogP contribution in [0.25, 0.3) is 10.9 Å². The largest absolute Gasteiger partial charge is 0.489 e. The van der Waals surface area contributed by atoms with E-state index in [4.69, 9.17) is 15.9 Å². The molecule has 0 amide bonds. The summed E-state index contributed by atoms with van der Waals surface area (Å²) in [7, 11) is 0. The molecule has 0 spiro atoms. The minimum Gasteiger partial charge on any atom is -0.489 e. The van der Waals surface area contributed by atoms with E-state index in [2.05, 4.69) is 48.7 Å². The Balaban J connectivity index is 0.000000758. The fraction of sp³-hybridized carbons (Fsp3) is 0.323. The molecule has 3 aliphatic heterocycles. The van der Waals surface area contributed by atoms with Crippen LogP contribution < -0.4 is 25.0 Å². The zero-order valence-corrected chi connectivity index (χ0v) is 23.2. The summed E-state index contributed by atoms with van der Waals surface area (Å²) in [5.74, 6) is 5.70. The quantitative estimate of drug-likeness (QED) is 0.348. The van der Waals surface area contributed by atoms with Crippen LogP contribution in [-0.2, 0) is 0 Å². The van der Waals surface area contributed by atoms with Crippen molar-refractivity contribution in [2.24, 2.45) is 5.10 Å². The first-order valence-electron chi connectivity index (χ1n) is 13.6. The number of allylic oxidation sites excluding steroid dienone is 1. The van der Waals surface area contributed by atoms with Crippen molar-refractivity contribution < 1.29 is 9.47 Å². The van der Waals surface area contributed by atoms with E-state index in [0.29, 0.717) is 19.2 Å². The van der Waals surface area contributed by atoms with Crippen LogP contribution in [0.15, 0.2) is 65.9 Å². The van der Waals surface area contributed by atoms with E-state index in [9.17, 15) is 0 Å².